The lowest BCUT2D eigenvalue weighted by Crippen LogP contribution is -2.19. The van der Waals surface area contributed by atoms with Gasteiger partial charge in [-0.25, -0.2) is 15.0 Å². The molecular formula is C22H20N4OS. The molecule has 0 N–H and O–H groups in total. The largest absolute Gasteiger partial charge is 0.358 e. The number of fused-ring (bicyclic) bond motifs is 1. The molecule has 1 fully saturated rings. The Morgan fingerprint density at radius 2 is 1.71 bits per heavy atom. The molecule has 2 aromatic carbocycles. The Morgan fingerprint density at radius 1 is 0.929 bits per heavy atom. The molecule has 0 bridgehead atoms. The molecule has 1 aliphatic heterocycles. The minimum atomic E-state index is -0.0431. The van der Waals surface area contributed by atoms with Crippen molar-refractivity contribution in [3.05, 3.63) is 67.0 Å². The van der Waals surface area contributed by atoms with Crippen LogP contribution in [-0.4, -0.2) is 26.1 Å². The molecule has 6 heteroatoms. The number of aromatic nitrogens is 4. The van der Waals surface area contributed by atoms with E-state index < -0.39 is 0 Å². The number of benzene rings is 2. The molecule has 140 valence electrons. The summed E-state index contributed by atoms with van der Waals surface area (Å²) in [6, 6.07) is 20.5. The van der Waals surface area contributed by atoms with E-state index in [4.69, 9.17) is 9.72 Å². The van der Waals surface area contributed by atoms with Gasteiger partial charge in [0.1, 0.15) is 28.9 Å². The fraction of sp³-hybridized carbons (Fsp3) is 0.227. The highest BCUT2D eigenvalue weighted by Gasteiger charge is 2.25. The highest BCUT2D eigenvalue weighted by atomic mass is 32.2. The van der Waals surface area contributed by atoms with E-state index in [1.54, 1.807) is 18.1 Å². The summed E-state index contributed by atoms with van der Waals surface area (Å²) in [6.45, 7) is 0.773. The molecule has 1 atom stereocenters. The normalized spacial score (nSPS) is 17.1. The van der Waals surface area contributed by atoms with Crippen LogP contribution in [-0.2, 0) is 4.74 Å². The molecule has 0 spiro atoms. The van der Waals surface area contributed by atoms with E-state index >= 15 is 0 Å². The summed E-state index contributed by atoms with van der Waals surface area (Å²) in [4.78, 5) is 15.3. The SMILES string of the molecule is c1ccc(Sc2ncnc3c2nc(-c2ccccc2)n3C2CCCCO2)cc1. The van der Waals surface area contributed by atoms with Crippen molar-refractivity contribution in [1.82, 2.24) is 19.5 Å². The van der Waals surface area contributed by atoms with Gasteiger partial charge in [0.2, 0.25) is 0 Å². The van der Waals surface area contributed by atoms with E-state index in [1.807, 2.05) is 36.4 Å². The minimum absolute atomic E-state index is 0.0431. The molecule has 2 aromatic heterocycles. The number of hydrogen-bond donors (Lipinski definition) is 0. The Kier molecular flexibility index (Phi) is 4.81. The van der Waals surface area contributed by atoms with Gasteiger partial charge in [-0.15, -0.1) is 0 Å². The minimum Gasteiger partial charge on any atom is -0.358 e. The van der Waals surface area contributed by atoms with Gasteiger partial charge in [0.25, 0.3) is 0 Å². The van der Waals surface area contributed by atoms with Crippen LogP contribution in [0.25, 0.3) is 22.6 Å². The van der Waals surface area contributed by atoms with Crippen molar-refractivity contribution in [3.8, 4) is 11.4 Å². The van der Waals surface area contributed by atoms with Gasteiger partial charge in [-0.1, -0.05) is 60.3 Å². The van der Waals surface area contributed by atoms with E-state index in [1.165, 1.54) is 0 Å². The van der Waals surface area contributed by atoms with Gasteiger partial charge in [-0.05, 0) is 31.4 Å². The van der Waals surface area contributed by atoms with Crippen LogP contribution in [0.2, 0.25) is 0 Å². The molecule has 5 nitrogen and oxygen atoms in total. The lowest BCUT2D eigenvalue weighted by Gasteiger charge is -2.25. The molecule has 0 radical (unpaired) electrons. The van der Waals surface area contributed by atoms with E-state index in [0.717, 1.165) is 58.3 Å². The fourth-order valence-electron chi connectivity index (χ4n) is 3.55. The van der Waals surface area contributed by atoms with Crippen LogP contribution in [0, 0.1) is 0 Å². The van der Waals surface area contributed by atoms with Crippen molar-refractivity contribution >= 4 is 22.9 Å². The van der Waals surface area contributed by atoms with Gasteiger partial charge < -0.3 is 4.74 Å². The second-order valence-electron chi connectivity index (χ2n) is 6.76. The molecule has 28 heavy (non-hydrogen) atoms. The zero-order valence-electron chi connectivity index (χ0n) is 15.4. The van der Waals surface area contributed by atoms with E-state index in [2.05, 4.69) is 38.8 Å². The van der Waals surface area contributed by atoms with Crippen molar-refractivity contribution in [1.29, 1.82) is 0 Å². The van der Waals surface area contributed by atoms with Crippen LogP contribution in [0.15, 0.2) is 76.9 Å². The molecule has 1 unspecified atom stereocenters. The summed E-state index contributed by atoms with van der Waals surface area (Å²) >= 11 is 1.61. The Bertz CT molecular complexity index is 1080. The second kappa shape index (κ2) is 7.73. The molecule has 0 amide bonds. The lowest BCUT2D eigenvalue weighted by molar-refractivity contribution is -0.0287. The standard InChI is InChI=1S/C22H20N4OS/c1-3-9-16(10-4-1)20-25-19-21(26(20)18-13-7-8-14-27-18)23-15-24-22(19)28-17-11-5-2-6-12-17/h1-6,9-12,15,18H,7-8,13-14H2. The number of nitrogens with zero attached hydrogens (tertiary/aromatic N) is 4. The van der Waals surface area contributed by atoms with Gasteiger partial charge in [-0.2, -0.15) is 0 Å². The Labute approximate surface area is 167 Å². The monoisotopic (exact) mass is 388 g/mol. The first-order chi connectivity index (χ1) is 13.9. The molecule has 5 rings (SSSR count). The van der Waals surface area contributed by atoms with E-state index in [9.17, 15) is 0 Å². The summed E-state index contributed by atoms with van der Waals surface area (Å²) in [5.74, 6) is 0.887. The third-order valence-electron chi connectivity index (χ3n) is 4.88. The molecule has 3 heterocycles. The zero-order chi connectivity index (χ0) is 18.8. The van der Waals surface area contributed by atoms with Crippen molar-refractivity contribution in [2.75, 3.05) is 6.61 Å². The number of hydrogen-bond acceptors (Lipinski definition) is 5. The van der Waals surface area contributed by atoms with Gasteiger partial charge in [0.15, 0.2) is 5.65 Å². The maximum Gasteiger partial charge on any atom is 0.167 e. The van der Waals surface area contributed by atoms with Crippen molar-refractivity contribution in [3.63, 3.8) is 0 Å². The number of rotatable bonds is 4. The molecule has 4 aromatic rings. The first kappa shape index (κ1) is 17.4. The summed E-state index contributed by atoms with van der Waals surface area (Å²) in [6.07, 6.45) is 4.81. The predicted octanol–water partition coefficient (Wildman–Crippen LogP) is 5.34. The van der Waals surface area contributed by atoms with Crippen LogP contribution in [0.3, 0.4) is 0 Å². The lowest BCUT2D eigenvalue weighted by atomic mass is 10.1. The van der Waals surface area contributed by atoms with Crippen LogP contribution in [0.1, 0.15) is 25.5 Å². The highest BCUT2D eigenvalue weighted by molar-refractivity contribution is 7.99. The van der Waals surface area contributed by atoms with E-state index in [0.29, 0.717) is 0 Å². The second-order valence-corrected chi connectivity index (χ2v) is 7.82. The molecular weight excluding hydrogens is 368 g/mol. The highest BCUT2D eigenvalue weighted by Crippen LogP contribution is 2.36. The number of ether oxygens (including phenoxy) is 1. The maximum atomic E-state index is 6.11. The summed E-state index contributed by atoms with van der Waals surface area (Å²) in [5.41, 5.74) is 2.72. The van der Waals surface area contributed by atoms with Gasteiger partial charge in [-0.3, -0.25) is 4.57 Å². The quantitative estimate of drug-likeness (QED) is 0.442. The van der Waals surface area contributed by atoms with Crippen molar-refractivity contribution in [2.24, 2.45) is 0 Å². The third kappa shape index (κ3) is 3.30. The van der Waals surface area contributed by atoms with Crippen LogP contribution < -0.4 is 0 Å². The average Bonchev–Trinajstić information content (AvgIpc) is 3.16. The smallest absolute Gasteiger partial charge is 0.167 e. The van der Waals surface area contributed by atoms with E-state index in [-0.39, 0.29) is 6.23 Å². The Balaban J connectivity index is 1.68. The van der Waals surface area contributed by atoms with Gasteiger partial charge in [0.05, 0.1) is 0 Å². The van der Waals surface area contributed by atoms with Crippen LogP contribution in [0.5, 0.6) is 0 Å². The maximum absolute atomic E-state index is 6.11. The molecule has 1 saturated heterocycles. The van der Waals surface area contributed by atoms with Gasteiger partial charge >= 0.3 is 0 Å². The van der Waals surface area contributed by atoms with Crippen molar-refractivity contribution in [2.45, 2.75) is 35.4 Å². The van der Waals surface area contributed by atoms with Crippen LogP contribution in [0.4, 0.5) is 0 Å². The third-order valence-corrected chi connectivity index (χ3v) is 5.88. The predicted molar refractivity (Wildman–Crippen MR) is 110 cm³/mol. The molecule has 0 saturated carbocycles. The Hall–Kier alpha value is -2.70. The number of imidazole rings is 1. The summed E-state index contributed by atoms with van der Waals surface area (Å²) < 4.78 is 8.26. The topological polar surface area (TPSA) is 52.8 Å². The Morgan fingerprint density at radius 3 is 2.46 bits per heavy atom. The first-order valence-electron chi connectivity index (χ1n) is 9.53. The van der Waals surface area contributed by atoms with Crippen molar-refractivity contribution < 1.29 is 4.74 Å². The molecule has 0 aliphatic carbocycles. The van der Waals surface area contributed by atoms with Gasteiger partial charge in [0, 0.05) is 17.1 Å². The summed E-state index contributed by atoms with van der Waals surface area (Å²) in [5, 5.41) is 0.864. The first-order valence-corrected chi connectivity index (χ1v) is 10.3. The fourth-order valence-corrected chi connectivity index (χ4v) is 4.40. The average molecular weight is 388 g/mol. The zero-order valence-corrected chi connectivity index (χ0v) is 16.2. The summed E-state index contributed by atoms with van der Waals surface area (Å²) in [7, 11) is 0. The molecule has 1 aliphatic rings. The van der Waals surface area contributed by atoms with Crippen LogP contribution >= 0.6 is 11.8 Å².